The summed E-state index contributed by atoms with van der Waals surface area (Å²) in [7, 11) is 0. The van der Waals surface area contributed by atoms with E-state index in [9.17, 15) is 0 Å². The fourth-order valence-corrected chi connectivity index (χ4v) is 4.55. The molecule has 1 saturated carbocycles. The number of nitrogen functional groups attached to an aromatic ring is 1. The quantitative estimate of drug-likeness (QED) is 0.337. The second kappa shape index (κ2) is 9.31. The number of nitrogens with zero attached hydrogens (tertiary/aromatic N) is 4. The molecule has 4 N–H and O–H groups in total. The molecule has 3 heterocycles. The van der Waals surface area contributed by atoms with Crippen LogP contribution in [0.3, 0.4) is 0 Å². The standard InChI is InChI=1S/C27H24N6.C2H6/c28-24-21(8-4-17-30-24)25-32-23-14-13-22(18-6-2-1-3-7-18)31-26(23)33(25)20-11-9-19(10-12-20)27(29)15-5-16-27;1-2/h1-4,6-14,17H,5,15-16,29H2,(H2,28,30);1-2H3. The Morgan fingerprint density at radius 3 is 2.23 bits per heavy atom. The zero-order valence-electron chi connectivity index (χ0n) is 20.1. The van der Waals surface area contributed by atoms with Crippen LogP contribution in [0.15, 0.2) is 85.1 Å². The molecule has 0 saturated heterocycles. The van der Waals surface area contributed by atoms with E-state index in [0.717, 1.165) is 46.5 Å². The average molecular weight is 463 g/mol. The first kappa shape index (κ1) is 22.7. The van der Waals surface area contributed by atoms with E-state index in [2.05, 4.69) is 45.9 Å². The summed E-state index contributed by atoms with van der Waals surface area (Å²) in [5.74, 6) is 1.15. The lowest BCUT2D eigenvalue weighted by atomic mass is 9.73. The normalized spacial score (nSPS) is 14.1. The first-order chi connectivity index (χ1) is 17.1. The Hall–Kier alpha value is -4.03. The summed E-state index contributed by atoms with van der Waals surface area (Å²) in [6.45, 7) is 4.00. The van der Waals surface area contributed by atoms with Gasteiger partial charge < -0.3 is 11.5 Å². The Kier molecular flexibility index (Phi) is 6.05. The van der Waals surface area contributed by atoms with Crippen molar-refractivity contribution in [3.63, 3.8) is 0 Å². The molecule has 5 aromatic rings. The van der Waals surface area contributed by atoms with Gasteiger partial charge in [0.15, 0.2) is 11.5 Å². The minimum atomic E-state index is -0.203. The number of benzene rings is 2. The molecule has 6 nitrogen and oxygen atoms in total. The minimum absolute atomic E-state index is 0.203. The monoisotopic (exact) mass is 462 g/mol. The summed E-state index contributed by atoms with van der Waals surface area (Å²) >= 11 is 0. The summed E-state index contributed by atoms with van der Waals surface area (Å²) in [5, 5.41) is 0. The van der Waals surface area contributed by atoms with Gasteiger partial charge in [-0.3, -0.25) is 4.57 Å². The topological polar surface area (TPSA) is 95.6 Å². The maximum atomic E-state index is 6.55. The van der Waals surface area contributed by atoms with Crippen LogP contribution < -0.4 is 11.5 Å². The molecule has 0 amide bonds. The van der Waals surface area contributed by atoms with Gasteiger partial charge in [0, 0.05) is 23.0 Å². The Morgan fingerprint density at radius 2 is 1.57 bits per heavy atom. The lowest BCUT2D eigenvalue weighted by molar-refractivity contribution is 0.253. The molecule has 176 valence electrons. The van der Waals surface area contributed by atoms with Crippen molar-refractivity contribution >= 4 is 17.0 Å². The number of rotatable bonds is 4. The molecule has 0 aliphatic heterocycles. The van der Waals surface area contributed by atoms with Crippen LogP contribution in [0, 0.1) is 0 Å². The molecular formula is C29H30N6. The smallest absolute Gasteiger partial charge is 0.165 e. The van der Waals surface area contributed by atoms with Crippen LogP contribution in [0.25, 0.3) is 39.5 Å². The van der Waals surface area contributed by atoms with Gasteiger partial charge in [0.1, 0.15) is 11.3 Å². The third-order valence-corrected chi connectivity index (χ3v) is 6.60. The Labute approximate surface area is 205 Å². The molecule has 0 spiro atoms. The van der Waals surface area contributed by atoms with E-state index in [1.807, 2.05) is 56.3 Å². The second-order valence-electron chi connectivity index (χ2n) is 8.67. The summed E-state index contributed by atoms with van der Waals surface area (Å²) < 4.78 is 2.06. The van der Waals surface area contributed by atoms with Crippen LogP contribution >= 0.6 is 0 Å². The average Bonchev–Trinajstić information content (AvgIpc) is 3.28. The number of fused-ring (bicyclic) bond motifs is 1. The van der Waals surface area contributed by atoms with Crippen molar-refractivity contribution in [2.24, 2.45) is 5.73 Å². The summed E-state index contributed by atoms with van der Waals surface area (Å²) in [6.07, 6.45) is 4.92. The summed E-state index contributed by atoms with van der Waals surface area (Å²) in [5.41, 5.74) is 19.0. The van der Waals surface area contributed by atoms with Crippen molar-refractivity contribution in [2.75, 3.05) is 5.73 Å². The van der Waals surface area contributed by atoms with Crippen LogP contribution in [-0.2, 0) is 5.54 Å². The van der Waals surface area contributed by atoms with E-state index in [1.165, 1.54) is 12.0 Å². The van der Waals surface area contributed by atoms with Gasteiger partial charge in [0.05, 0.1) is 11.3 Å². The molecule has 2 aromatic carbocycles. The first-order valence-electron chi connectivity index (χ1n) is 12.2. The molecular weight excluding hydrogens is 432 g/mol. The lowest BCUT2D eigenvalue weighted by Gasteiger charge is -2.38. The molecule has 0 unspecified atom stereocenters. The highest BCUT2D eigenvalue weighted by molar-refractivity contribution is 5.84. The molecule has 6 heteroatoms. The van der Waals surface area contributed by atoms with E-state index in [4.69, 9.17) is 21.4 Å². The van der Waals surface area contributed by atoms with Crippen LogP contribution in [0.2, 0.25) is 0 Å². The van der Waals surface area contributed by atoms with Crippen LogP contribution in [-0.4, -0.2) is 19.5 Å². The number of hydrogen-bond donors (Lipinski definition) is 2. The number of nitrogens with two attached hydrogens (primary N) is 2. The van der Waals surface area contributed by atoms with Crippen molar-refractivity contribution in [1.29, 1.82) is 0 Å². The third-order valence-electron chi connectivity index (χ3n) is 6.60. The van der Waals surface area contributed by atoms with Gasteiger partial charge in [-0.05, 0) is 61.2 Å². The van der Waals surface area contributed by atoms with Crippen molar-refractivity contribution in [2.45, 2.75) is 38.6 Å². The highest BCUT2D eigenvalue weighted by Crippen LogP contribution is 2.39. The fourth-order valence-electron chi connectivity index (χ4n) is 4.55. The highest BCUT2D eigenvalue weighted by atomic mass is 15.1. The largest absolute Gasteiger partial charge is 0.383 e. The van der Waals surface area contributed by atoms with Crippen molar-refractivity contribution in [1.82, 2.24) is 19.5 Å². The first-order valence-corrected chi connectivity index (χ1v) is 12.2. The molecule has 1 aliphatic carbocycles. The molecule has 0 bridgehead atoms. The van der Waals surface area contributed by atoms with Crippen LogP contribution in [0.5, 0.6) is 0 Å². The lowest BCUT2D eigenvalue weighted by Crippen LogP contribution is -2.43. The molecule has 1 fully saturated rings. The van der Waals surface area contributed by atoms with Gasteiger partial charge >= 0.3 is 0 Å². The van der Waals surface area contributed by atoms with E-state index in [1.54, 1.807) is 6.20 Å². The predicted octanol–water partition coefficient (Wildman–Crippen LogP) is 6.10. The molecule has 0 atom stereocenters. The van der Waals surface area contributed by atoms with Gasteiger partial charge in [-0.25, -0.2) is 15.0 Å². The van der Waals surface area contributed by atoms with Gasteiger partial charge in [-0.1, -0.05) is 56.3 Å². The number of imidazole rings is 1. The summed E-state index contributed by atoms with van der Waals surface area (Å²) in [4.78, 5) is 14.2. The second-order valence-corrected chi connectivity index (χ2v) is 8.67. The molecule has 3 aromatic heterocycles. The Balaban J connectivity index is 0.00000124. The van der Waals surface area contributed by atoms with Crippen LogP contribution in [0.1, 0.15) is 38.7 Å². The van der Waals surface area contributed by atoms with E-state index in [0.29, 0.717) is 11.6 Å². The molecule has 0 radical (unpaired) electrons. The maximum absolute atomic E-state index is 6.55. The van der Waals surface area contributed by atoms with Gasteiger partial charge in [-0.2, -0.15) is 0 Å². The molecule has 1 aliphatic rings. The van der Waals surface area contributed by atoms with Gasteiger partial charge in [0.2, 0.25) is 0 Å². The van der Waals surface area contributed by atoms with E-state index < -0.39 is 0 Å². The fraction of sp³-hybridized carbons (Fsp3) is 0.207. The molecule has 6 rings (SSSR count). The Morgan fingerprint density at radius 1 is 0.829 bits per heavy atom. The highest BCUT2D eigenvalue weighted by Gasteiger charge is 2.34. The van der Waals surface area contributed by atoms with E-state index >= 15 is 0 Å². The Bertz CT molecular complexity index is 1450. The minimum Gasteiger partial charge on any atom is -0.383 e. The summed E-state index contributed by atoms with van der Waals surface area (Å²) in [6, 6.07) is 26.4. The number of hydrogen-bond acceptors (Lipinski definition) is 5. The van der Waals surface area contributed by atoms with Crippen molar-refractivity contribution < 1.29 is 0 Å². The number of anilines is 1. The SMILES string of the molecule is CC.Nc1ncccc1-c1nc2ccc(-c3ccccc3)nc2n1-c1ccc(C2(N)CCC2)cc1. The third kappa shape index (κ3) is 4.06. The van der Waals surface area contributed by atoms with Crippen LogP contribution in [0.4, 0.5) is 5.82 Å². The maximum Gasteiger partial charge on any atom is 0.165 e. The molecule has 35 heavy (non-hydrogen) atoms. The van der Waals surface area contributed by atoms with E-state index in [-0.39, 0.29) is 5.54 Å². The predicted molar refractivity (Wildman–Crippen MR) is 143 cm³/mol. The van der Waals surface area contributed by atoms with Gasteiger partial charge in [0.25, 0.3) is 0 Å². The van der Waals surface area contributed by atoms with Crippen molar-refractivity contribution in [3.8, 4) is 28.3 Å². The van der Waals surface area contributed by atoms with Crippen molar-refractivity contribution in [3.05, 3.63) is 90.6 Å². The number of aromatic nitrogens is 4. The van der Waals surface area contributed by atoms with Gasteiger partial charge in [-0.15, -0.1) is 0 Å². The zero-order valence-corrected chi connectivity index (χ0v) is 20.1. The number of pyridine rings is 2. The zero-order chi connectivity index (χ0) is 24.4.